The molecule has 0 aliphatic rings. The van der Waals surface area contributed by atoms with Crippen LogP contribution in [0.15, 0.2) is 18.3 Å². The van der Waals surface area contributed by atoms with Crippen LogP contribution in [0.3, 0.4) is 0 Å². The summed E-state index contributed by atoms with van der Waals surface area (Å²) in [7, 11) is 0. The summed E-state index contributed by atoms with van der Waals surface area (Å²) in [5.41, 5.74) is 5.67. The maximum atomic E-state index is 9.39. The zero-order valence-electron chi connectivity index (χ0n) is 8.53. The van der Waals surface area contributed by atoms with Gasteiger partial charge in [-0.1, -0.05) is 0 Å². The molecule has 4 nitrogen and oxygen atoms in total. The predicted molar refractivity (Wildman–Crippen MR) is 54.6 cm³/mol. The van der Waals surface area contributed by atoms with E-state index in [-0.39, 0.29) is 0 Å². The second-order valence-electron chi connectivity index (χ2n) is 3.89. The smallest absolute Gasteiger partial charge is 0.123 e. The molecule has 0 atom stereocenters. The third-order valence-corrected chi connectivity index (χ3v) is 1.57. The van der Waals surface area contributed by atoms with E-state index in [0.717, 1.165) is 5.56 Å². The summed E-state index contributed by atoms with van der Waals surface area (Å²) in [4.78, 5) is 3.87. The minimum absolute atomic E-state index is 0.301. The summed E-state index contributed by atoms with van der Waals surface area (Å²) in [5, 5.41) is 9.39. The molecule has 4 heteroatoms. The number of hydrogen-bond acceptors (Lipinski definition) is 4. The van der Waals surface area contributed by atoms with Gasteiger partial charge in [-0.25, -0.2) is 4.98 Å². The number of ether oxygens (including phenoxy) is 1. The van der Waals surface area contributed by atoms with Gasteiger partial charge in [0, 0.05) is 6.20 Å². The molecule has 78 valence electrons. The molecule has 0 aliphatic carbocycles. The number of pyridine rings is 1. The van der Waals surface area contributed by atoms with Crippen molar-refractivity contribution in [2.45, 2.75) is 26.1 Å². The van der Waals surface area contributed by atoms with E-state index in [9.17, 15) is 5.11 Å². The van der Waals surface area contributed by atoms with E-state index in [4.69, 9.17) is 10.5 Å². The van der Waals surface area contributed by atoms with Crippen LogP contribution in [0.5, 0.6) is 0 Å². The molecule has 0 saturated carbocycles. The third-order valence-electron chi connectivity index (χ3n) is 1.57. The highest BCUT2D eigenvalue weighted by Gasteiger charge is 2.11. The monoisotopic (exact) mass is 196 g/mol. The highest BCUT2D eigenvalue weighted by atomic mass is 16.5. The van der Waals surface area contributed by atoms with Crippen molar-refractivity contribution in [3.63, 3.8) is 0 Å². The van der Waals surface area contributed by atoms with Crippen molar-refractivity contribution in [2.75, 3.05) is 12.3 Å². The van der Waals surface area contributed by atoms with Crippen LogP contribution in [-0.2, 0) is 11.3 Å². The molecule has 1 heterocycles. The SMILES string of the molecule is CC(C)(O)COCc1ccnc(N)c1. The molecule has 0 amide bonds. The van der Waals surface area contributed by atoms with E-state index in [1.165, 1.54) is 0 Å². The first-order valence-electron chi connectivity index (χ1n) is 4.48. The predicted octanol–water partition coefficient (Wildman–Crippen LogP) is 0.951. The van der Waals surface area contributed by atoms with Crippen molar-refractivity contribution in [1.82, 2.24) is 4.98 Å². The largest absolute Gasteiger partial charge is 0.388 e. The lowest BCUT2D eigenvalue weighted by molar-refractivity contribution is -0.0268. The van der Waals surface area contributed by atoms with Crippen LogP contribution in [0.2, 0.25) is 0 Å². The van der Waals surface area contributed by atoms with Gasteiger partial charge in [0.05, 0.1) is 18.8 Å². The third kappa shape index (κ3) is 4.20. The van der Waals surface area contributed by atoms with Crippen LogP contribution in [0.4, 0.5) is 5.82 Å². The standard InChI is InChI=1S/C10H16N2O2/c1-10(2,13)7-14-6-8-3-4-12-9(11)5-8/h3-5,13H,6-7H2,1-2H3,(H2,11,12). The molecule has 1 rings (SSSR count). The average Bonchev–Trinajstić information content (AvgIpc) is 2.01. The van der Waals surface area contributed by atoms with Gasteiger partial charge >= 0.3 is 0 Å². The van der Waals surface area contributed by atoms with E-state index in [2.05, 4.69) is 4.98 Å². The quantitative estimate of drug-likeness (QED) is 0.752. The number of hydrogen-bond donors (Lipinski definition) is 2. The van der Waals surface area contributed by atoms with Crippen LogP contribution in [-0.4, -0.2) is 22.3 Å². The fourth-order valence-electron chi connectivity index (χ4n) is 1.00. The Morgan fingerprint density at radius 3 is 2.86 bits per heavy atom. The van der Waals surface area contributed by atoms with Crippen LogP contribution < -0.4 is 5.73 Å². The number of nitrogens with zero attached hydrogens (tertiary/aromatic N) is 1. The minimum atomic E-state index is -0.793. The van der Waals surface area contributed by atoms with Crippen molar-refractivity contribution in [3.05, 3.63) is 23.9 Å². The molecule has 0 aromatic carbocycles. The Morgan fingerprint density at radius 1 is 1.57 bits per heavy atom. The number of nitrogens with two attached hydrogens (primary N) is 1. The lowest BCUT2D eigenvalue weighted by atomic mass is 10.2. The summed E-state index contributed by atoms with van der Waals surface area (Å²) in [5.74, 6) is 0.481. The van der Waals surface area contributed by atoms with Crippen molar-refractivity contribution in [2.24, 2.45) is 0 Å². The summed E-state index contributed by atoms with van der Waals surface area (Å²) >= 11 is 0. The molecule has 0 fully saturated rings. The van der Waals surface area contributed by atoms with Gasteiger partial charge in [-0.15, -0.1) is 0 Å². The van der Waals surface area contributed by atoms with Gasteiger partial charge in [0.1, 0.15) is 5.82 Å². The van der Waals surface area contributed by atoms with Gasteiger partial charge in [0.25, 0.3) is 0 Å². The van der Waals surface area contributed by atoms with Crippen LogP contribution >= 0.6 is 0 Å². The Labute approximate surface area is 83.7 Å². The van der Waals surface area contributed by atoms with E-state index in [0.29, 0.717) is 19.0 Å². The van der Waals surface area contributed by atoms with Crippen molar-refractivity contribution in [1.29, 1.82) is 0 Å². The molecular weight excluding hydrogens is 180 g/mol. The van der Waals surface area contributed by atoms with E-state index < -0.39 is 5.60 Å². The molecule has 1 aromatic rings. The summed E-state index contributed by atoms with van der Waals surface area (Å²) in [6.07, 6.45) is 1.64. The summed E-state index contributed by atoms with van der Waals surface area (Å²) in [6.45, 7) is 4.15. The van der Waals surface area contributed by atoms with Crippen LogP contribution in [0, 0.1) is 0 Å². The Hall–Kier alpha value is -1.13. The zero-order valence-corrected chi connectivity index (χ0v) is 8.53. The fourth-order valence-corrected chi connectivity index (χ4v) is 1.00. The van der Waals surface area contributed by atoms with Crippen LogP contribution in [0.1, 0.15) is 19.4 Å². The summed E-state index contributed by atoms with van der Waals surface area (Å²) in [6, 6.07) is 3.59. The molecule has 14 heavy (non-hydrogen) atoms. The summed E-state index contributed by atoms with van der Waals surface area (Å²) < 4.78 is 5.31. The fraction of sp³-hybridized carbons (Fsp3) is 0.500. The highest BCUT2D eigenvalue weighted by Crippen LogP contribution is 2.07. The van der Waals surface area contributed by atoms with Gasteiger partial charge in [-0.05, 0) is 31.5 Å². The number of rotatable bonds is 4. The van der Waals surface area contributed by atoms with Gasteiger partial charge < -0.3 is 15.6 Å². The number of nitrogen functional groups attached to an aromatic ring is 1. The maximum Gasteiger partial charge on any atom is 0.123 e. The first-order valence-corrected chi connectivity index (χ1v) is 4.48. The molecule has 0 unspecified atom stereocenters. The van der Waals surface area contributed by atoms with Gasteiger partial charge in [0.2, 0.25) is 0 Å². The molecule has 0 radical (unpaired) electrons. The topological polar surface area (TPSA) is 68.4 Å². The lowest BCUT2D eigenvalue weighted by Crippen LogP contribution is -2.25. The number of aliphatic hydroxyl groups is 1. The lowest BCUT2D eigenvalue weighted by Gasteiger charge is -2.16. The molecular formula is C10H16N2O2. The Bertz CT molecular complexity index is 294. The van der Waals surface area contributed by atoms with Crippen molar-refractivity contribution >= 4 is 5.82 Å². The molecule has 0 spiro atoms. The Kier molecular flexibility index (Phi) is 3.43. The maximum absolute atomic E-state index is 9.39. The Balaban J connectivity index is 2.39. The first-order chi connectivity index (χ1) is 6.47. The minimum Gasteiger partial charge on any atom is -0.388 e. The second-order valence-corrected chi connectivity index (χ2v) is 3.89. The molecule has 3 N–H and O–H groups in total. The molecule has 0 aliphatic heterocycles. The molecule has 0 saturated heterocycles. The number of anilines is 1. The second kappa shape index (κ2) is 4.39. The van der Waals surface area contributed by atoms with E-state index >= 15 is 0 Å². The van der Waals surface area contributed by atoms with Gasteiger partial charge in [0.15, 0.2) is 0 Å². The zero-order chi connectivity index (χ0) is 10.6. The van der Waals surface area contributed by atoms with Crippen molar-refractivity contribution in [3.8, 4) is 0 Å². The Morgan fingerprint density at radius 2 is 2.29 bits per heavy atom. The van der Waals surface area contributed by atoms with Gasteiger partial charge in [-0.3, -0.25) is 0 Å². The highest BCUT2D eigenvalue weighted by molar-refractivity contribution is 5.31. The van der Waals surface area contributed by atoms with E-state index in [1.54, 1.807) is 26.1 Å². The number of aromatic nitrogens is 1. The first kappa shape index (κ1) is 10.9. The van der Waals surface area contributed by atoms with Crippen molar-refractivity contribution < 1.29 is 9.84 Å². The molecule has 0 bridgehead atoms. The van der Waals surface area contributed by atoms with E-state index in [1.807, 2.05) is 6.07 Å². The average molecular weight is 196 g/mol. The van der Waals surface area contributed by atoms with Gasteiger partial charge in [-0.2, -0.15) is 0 Å². The molecule has 1 aromatic heterocycles. The normalized spacial score (nSPS) is 11.6. The van der Waals surface area contributed by atoms with Crippen LogP contribution in [0.25, 0.3) is 0 Å².